The molecule has 0 aromatic heterocycles. The van der Waals surface area contributed by atoms with Gasteiger partial charge in [-0.3, -0.25) is 14.9 Å². The van der Waals surface area contributed by atoms with E-state index in [0.29, 0.717) is 11.1 Å². The van der Waals surface area contributed by atoms with E-state index in [-0.39, 0.29) is 17.9 Å². The van der Waals surface area contributed by atoms with Crippen molar-refractivity contribution in [2.24, 2.45) is 5.73 Å². The zero-order valence-corrected chi connectivity index (χ0v) is 10.9. The normalized spacial score (nSPS) is 10.1. The molecule has 0 fully saturated rings. The summed E-state index contributed by atoms with van der Waals surface area (Å²) in [6, 6.07) is 9.77. The molecule has 0 aliphatic carbocycles. The Kier molecular flexibility index (Phi) is 4.13. The molecule has 0 spiro atoms. The number of nitrogens with zero attached hydrogens (tertiary/aromatic N) is 1. The van der Waals surface area contributed by atoms with E-state index in [1.807, 2.05) is 0 Å². The Morgan fingerprint density at radius 1 is 1.29 bits per heavy atom. The number of non-ortho nitro benzene ring substituents is 1. The van der Waals surface area contributed by atoms with Gasteiger partial charge in [0.2, 0.25) is 5.91 Å². The summed E-state index contributed by atoms with van der Waals surface area (Å²) in [7, 11) is 0. The Labute approximate surface area is 119 Å². The summed E-state index contributed by atoms with van der Waals surface area (Å²) in [5.74, 6) is -1.15. The van der Waals surface area contributed by atoms with Crippen molar-refractivity contribution < 1.29 is 14.1 Å². The number of carbonyl (C=O) groups is 1. The van der Waals surface area contributed by atoms with E-state index in [2.05, 4.69) is 5.32 Å². The zero-order valence-electron chi connectivity index (χ0n) is 10.9. The second kappa shape index (κ2) is 6.00. The average molecular weight is 289 g/mol. The van der Waals surface area contributed by atoms with Crippen molar-refractivity contribution in [1.29, 1.82) is 0 Å². The summed E-state index contributed by atoms with van der Waals surface area (Å²) < 4.78 is 13.6. The van der Waals surface area contributed by atoms with E-state index in [1.165, 1.54) is 0 Å². The van der Waals surface area contributed by atoms with Crippen molar-refractivity contribution in [3.8, 4) is 0 Å². The first kappa shape index (κ1) is 14.4. The van der Waals surface area contributed by atoms with Crippen LogP contribution in [-0.4, -0.2) is 10.8 Å². The largest absolute Gasteiger partial charge is 0.378 e. The summed E-state index contributed by atoms with van der Waals surface area (Å²) >= 11 is 0. The van der Waals surface area contributed by atoms with Gasteiger partial charge in [-0.15, -0.1) is 0 Å². The molecule has 0 saturated heterocycles. The summed E-state index contributed by atoms with van der Waals surface area (Å²) in [4.78, 5) is 21.1. The number of rotatable bonds is 5. The number of hydrogen-bond acceptors (Lipinski definition) is 4. The number of hydrogen-bond donors (Lipinski definition) is 2. The van der Waals surface area contributed by atoms with Crippen molar-refractivity contribution in [3.05, 3.63) is 69.5 Å². The highest BCUT2D eigenvalue weighted by atomic mass is 19.1. The van der Waals surface area contributed by atoms with Crippen LogP contribution in [-0.2, 0) is 6.54 Å². The standard InChI is InChI=1S/C14H12FN3O3/c15-12-5-4-11(18(20)21)7-13(12)17-8-9-2-1-3-10(6-9)14(16)19/h1-7,17H,8H2,(H2,16,19). The lowest BCUT2D eigenvalue weighted by atomic mass is 10.1. The third kappa shape index (κ3) is 3.53. The maximum atomic E-state index is 13.6. The monoisotopic (exact) mass is 289 g/mol. The maximum absolute atomic E-state index is 13.6. The molecule has 2 rings (SSSR count). The van der Waals surface area contributed by atoms with Crippen LogP contribution in [0.25, 0.3) is 0 Å². The molecule has 3 N–H and O–H groups in total. The molecule has 21 heavy (non-hydrogen) atoms. The van der Waals surface area contributed by atoms with Gasteiger partial charge in [-0.1, -0.05) is 12.1 Å². The van der Waals surface area contributed by atoms with Crippen LogP contribution in [0, 0.1) is 15.9 Å². The minimum Gasteiger partial charge on any atom is -0.378 e. The van der Waals surface area contributed by atoms with E-state index in [4.69, 9.17) is 5.73 Å². The highest BCUT2D eigenvalue weighted by Gasteiger charge is 2.10. The van der Waals surface area contributed by atoms with Crippen molar-refractivity contribution in [3.63, 3.8) is 0 Å². The average Bonchev–Trinajstić information content (AvgIpc) is 2.46. The van der Waals surface area contributed by atoms with Crippen molar-refractivity contribution in [2.45, 2.75) is 6.54 Å². The molecule has 7 heteroatoms. The topological polar surface area (TPSA) is 98.3 Å². The first-order valence-corrected chi connectivity index (χ1v) is 6.04. The molecule has 0 aliphatic rings. The lowest BCUT2D eigenvalue weighted by molar-refractivity contribution is -0.384. The minimum absolute atomic E-state index is 0.0219. The number of carbonyl (C=O) groups excluding carboxylic acids is 1. The van der Waals surface area contributed by atoms with Crippen molar-refractivity contribution in [1.82, 2.24) is 0 Å². The number of halogens is 1. The second-order valence-corrected chi connectivity index (χ2v) is 4.34. The highest BCUT2D eigenvalue weighted by Crippen LogP contribution is 2.21. The predicted molar refractivity (Wildman–Crippen MR) is 75.3 cm³/mol. The SMILES string of the molecule is NC(=O)c1cccc(CNc2cc([N+](=O)[O-])ccc2F)c1. The number of nitrogens with two attached hydrogens (primary N) is 1. The van der Waals surface area contributed by atoms with Crippen molar-refractivity contribution in [2.75, 3.05) is 5.32 Å². The molecule has 6 nitrogen and oxygen atoms in total. The first-order chi connectivity index (χ1) is 9.97. The fraction of sp³-hybridized carbons (Fsp3) is 0.0714. The van der Waals surface area contributed by atoms with Crippen LogP contribution in [0.5, 0.6) is 0 Å². The minimum atomic E-state index is -0.599. The van der Waals surface area contributed by atoms with Gasteiger partial charge in [0.05, 0.1) is 10.6 Å². The summed E-state index contributed by atoms with van der Waals surface area (Å²) in [6.07, 6.45) is 0. The number of anilines is 1. The Morgan fingerprint density at radius 2 is 2.05 bits per heavy atom. The molecule has 0 aliphatic heterocycles. The van der Waals surface area contributed by atoms with E-state index in [1.54, 1.807) is 24.3 Å². The van der Waals surface area contributed by atoms with Crippen LogP contribution < -0.4 is 11.1 Å². The van der Waals surface area contributed by atoms with Gasteiger partial charge in [0.15, 0.2) is 0 Å². The van der Waals surface area contributed by atoms with Crippen LogP contribution >= 0.6 is 0 Å². The number of nitrogens with one attached hydrogen (secondary N) is 1. The van der Waals surface area contributed by atoms with Crippen LogP contribution in [0.1, 0.15) is 15.9 Å². The molecular formula is C14H12FN3O3. The summed E-state index contributed by atoms with van der Waals surface area (Å²) in [5.41, 5.74) is 6.04. The summed E-state index contributed by atoms with van der Waals surface area (Å²) in [6.45, 7) is 0.208. The second-order valence-electron chi connectivity index (χ2n) is 4.34. The van der Waals surface area contributed by atoms with Crippen LogP contribution in [0.3, 0.4) is 0 Å². The third-order valence-corrected chi connectivity index (χ3v) is 2.86. The zero-order chi connectivity index (χ0) is 15.4. The van der Waals surface area contributed by atoms with E-state index < -0.39 is 16.6 Å². The Bertz CT molecular complexity index is 704. The molecule has 0 heterocycles. The molecule has 0 atom stereocenters. The number of nitro groups is 1. The van der Waals surface area contributed by atoms with Crippen LogP contribution in [0.15, 0.2) is 42.5 Å². The number of nitro benzene ring substituents is 1. The lowest BCUT2D eigenvalue weighted by Crippen LogP contribution is -2.11. The van der Waals surface area contributed by atoms with Crippen LogP contribution in [0.2, 0.25) is 0 Å². The van der Waals surface area contributed by atoms with Gasteiger partial charge in [0.25, 0.3) is 5.69 Å². The van der Waals surface area contributed by atoms with Gasteiger partial charge >= 0.3 is 0 Å². The summed E-state index contributed by atoms with van der Waals surface area (Å²) in [5, 5.41) is 13.4. The molecule has 2 aromatic rings. The predicted octanol–water partition coefficient (Wildman–Crippen LogP) is 2.44. The van der Waals surface area contributed by atoms with Crippen LogP contribution in [0.4, 0.5) is 15.8 Å². The number of amides is 1. The van der Waals surface area contributed by atoms with Gasteiger partial charge in [0.1, 0.15) is 5.82 Å². The quantitative estimate of drug-likeness (QED) is 0.652. The molecule has 1 amide bonds. The van der Waals surface area contributed by atoms with Gasteiger partial charge in [-0.05, 0) is 23.8 Å². The van der Waals surface area contributed by atoms with E-state index in [0.717, 1.165) is 18.2 Å². The van der Waals surface area contributed by atoms with Gasteiger partial charge in [0, 0.05) is 24.2 Å². The molecule has 0 bridgehead atoms. The molecule has 0 saturated carbocycles. The fourth-order valence-electron chi connectivity index (χ4n) is 1.79. The smallest absolute Gasteiger partial charge is 0.271 e. The molecular weight excluding hydrogens is 277 g/mol. The van der Waals surface area contributed by atoms with Gasteiger partial charge in [-0.2, -0.15) is 0 Å². The number of primary amides is 1. The highest BCUT2D eigenvalue weighted by molar-refractivity contribution is 5.92. The number of benzene rings is 2. The lowest BCUT2D eigenvalue weighted by Gasteiger charge is -2.08. The van der Waals surface area contributed by atoms with Gasteiger partial charge in [-0.25, -0.2) is 4.39 Å². The first-order valence-electron chi connectivity index (χ1n) is 6.04. The molecule has 2 aromatic carbocycles. The molecule has 0 radical (unpaired) electrons. The molecule has 108 valence electrons. The fourth-order valence-corrected chi connectivity index (χ4v) is 1.79. The van der Waals surface area contributed by atoms with Crippen molar-refractivity contribution >= 4 is 17.3 Å². The van der Waals surface area contributed by atoms with E-state index >= 15 is 0 Å². The maximum Gasteiger partial charge on any atom is 0.271 e. The third-order valence-electron chi connectivity index (χ3n) is 2.86. The Balaban J connectivity index is 2.16. The Hall–Kier alpha value is -2.96. The molecule has 0 unspecified atom stereocenters. The van der Waals surface area contributed by atoms with Gasteiger partial charge < -0.3 is 11.1 Å². The Morgan fingerprint density at radius 3 is 2.71 bits per heavy atom. The van der Waals surface area contributed by atoms with E-state index in [9.17, 15) is 19.3 Å².